The molecule has 1 heterocycles. The van der Waals surface area contributed by atoms with Crippen LogP contribution in [0.4, 0.5) is 0 Å². The number of carbonyl (C=O) groups excluding carboxylic acids is 1. The molecule has 0 radical (unpaired) electrons. The van der Waals surface area contributed by atoms with Crippen LogP contribution in [0.1, 0.15) is 42.1 Å². The van der Waals surface area contributed by atoms with Crippen molar-refractivity contribution in [2.45, 2.75) is 44.9 Å². The van der Waals surface area contributed by atoms with Gasteiger partial charge in [0.05, 0.1) is 6.10 Å². The van der Waals surface area contributed by atoms with Crippen molar-refractivity contribution < 1.29 is 9.90 Å². The van der Waals surface area contributed by atoms with Crippen molar-refractivity contribution in [1.82, 2.24) is 4.90 Å². The molecule has 2 unspecified atom stereocenters. The molecule has 104 valence electrons. The van der Waals surface area contributed by atoms with Crippen LogP contribution >= 0.6 is 0 Å². The van der Waals surface area contributed by atoms with E-state index in [9.17, 15) is 9.90 Å². The molecule has 4 nitrogen and oxygen atoms in total. The predicted octanol–water partition coefficient (Wildman–Crippen LogP) is 1.52. The first-order valence-electron chi connectivity index (χ1n) is 6.89. The number of aliphatic hydroxyl groups is 1. The third kappa shape index (κ3) is 3.55. The number of nitrogens with zero attached hydrogens (tertiary/aromatic N) is 1. The minimum Gasteiger partial charge on any atom is -0.392 e. The van der Waals surface area contributed by atoms with E-state index in [1.807, 2.05) is 19.1 Å². The highest BCUT2D eigenvalue weighted by Gasteiger charge is 2.25. The number of likely N-dealkylation sites (tertiary alicyclic amines) is 1. The molecule has 19 heavy (non-hydrogen) atoms. The van der Waals surface area contributed by atoms with E-state index in [4.69, 9.17) is 5.73 Å². The minimum atomic E-state index is -0.397. The first-order chi connectivity index (χ1) is 9.08. The van der Waals surface area contributed by atoms with Gasteiger partial charge in [0.1, 0.15) is 0 Å². The lowest BCUT2D eigenvalue weighted by molar-refractivity contribution is 0.0317. The smallest absolute Gasteiger partial charge is 0.248 e. The zero-order valence-corrected chi connectivity index (χ0v) is 11.4. The minimum absolute atomic E-state index is 0.240. The van der Waals surface area contributed by atoms with Crippen molar-refractivity contribution in [2.24, 2.45) is 5.73 Å². The van der Waals surface area contributed by atoms with Crippen LogP contribution in [0, 0.1) is 0 Å². The zero-order valence-electron chi connectivity index (χ0n) is 11.4. The van der Waals surface area contributed by atoms with Crippen LogP contribution in [-0.4, -0.2) is 34.6 Å². The lowest BCUT2D eigenvalue weighted by Gasteiger charge is -2.37. The summed E-state index contributed by atoms with van der Waals surface area (Å²) in [6.07, 6.45) is 3.12. The largest absolute Gasteiger partial charge is 0.392 e. The number of piperidine rings is 1. The van der Waals surface area contributed by atoms with Crippen LogP contribution in [0.25, 0.3) is 0 Å². The van der Waals surface area contributed by atoms with Gasteiger partial charge in [-0.3, -0.25) is 9.69 Å². The van der Waals surface area contributed by atoms with Crippen LogP contribution in [-0.2, 0) is 6.54 Å². The maximum Gasteiger partial charge on any atom is 0.248 e. The summed E-state index contributed by atoms with van der Waals surface area (Å²) in [4.78, 5) is 13.3. The molecule has 0 saturated carbocycles. The van der Waals surface area contributed by atoms with Gasteiger partial charge in [-0.05, 0) is 44.0 Å². The molecule has 0 aromatic heterocycles. The zero-order chi connectivity index (χ0) is 13.8. The highest BCUT2D eigenvalue weighted by Crippen LogP contribution is 2.22. The van der Waals surface area contributed by atoms with Crippen molar-refractivity contribution in [3.63, 3.8) is 0 Å². The summed E-state index contributed by atoms with van der Waals surface area (Å²) in [5.74, 6) is -0.397. The van der Waals surface area contributed by atoms with E-state index in [0.29, 0.717) is 5.56 Å². The number of nitrogens with two attached hydrogens (primary N) is 1. The Morgan fingerprint density at radius 3 is 2.68 bits per heavy atom. The average molecular weight is 262 g/mol. The van der Waals surface area contributed by atoms with Gasteiger partial charge in [0, 0.05) is 18.2 Å². The molecule has 0 bridgehead atoms. The van der Waals surface area contributed by atoms with E-state index in [2.05, 4.69) is 4.90 Å². The summed E-state index contributed by atoms with van der Waals surface area (Å²) < 4.78 is 0. The summed E-state index contributed by atoms with van der Waals surface area (Å²) in [6.45, 7) is 3.70. The average Bonchev–Trinajstić information content (AvgIpc) is 2.39. The van der Waals surface area contributed by atoms with E-state index in [1.165, 1.54) is 12.8 Å². The summed E-state index contributed by atoms with van der Waals surface area (Å²) in [5, 5.41) is 9.84. The van der Waals surface area contributed by atoms with Crippen LogP contribution < -0.4 is 5.73 Å². The molecule has 2 rings (SSSR count). The van der Waals surface area contributed by atoms with Crippen molar-refractivity contribution >= 4 is 5.91 Å². The van der Waals surface area contributed by atoms with E-state index >= 15 is 0 Å². The predicted molar refractivity (Wildman–Crippen MR) is 74.7 cm³/mol. The first-order valence-corrected chi connectivity index (χ1v) is 6.89. The summed E-state index contributed by atoms with van der Waals surface area (Å²) >= 11 is 0. The summed E-state index contributed by atoms with van der Waals surface area (Å²) in [5.41, 5.74) is 6.91. The number of aliphatic hydroxyl groups excluding tert-OH is 1. The van der Waals surface area contributed by atoms with Crippen LogP contribution in [0.2, 0.25) is 0 Å². The Morgan fingerprint density at radius 2 is 2.11 bits per heavy atom. The Bertz CT molecular complexity index is 428. The van der Waals surface area contributed by atoms with E-state index in [0.717, 1.165) is 25.1 Å². The molecule has 1 aliphatic rings. The molecule has 1 fully saturated rings. The van der Waals surface area contributed by atoms with Crippen molar-refractivity contribution in [3.05, 3.63) is 35.4 Å². The van der Waals surface area contributed by atoms with Gasteiger partial charge >= 0.3 is 0 Å². The highest BCUT2D eigenvalue weighted by atomic mass is 16.3. The monoisotopic (exact) mass is 262 g/mol. The van der Waals surface area contributed by atoms with E-state index in [-0.39, 0.29) is 12.1 Å². The molecule has 4 heteroatoms. The van der Waals surface area contributed by atoms with E-state index in [1.54, 1.807) is 12.1 Å². The fourth-order valence-electron chi connectivity index (χ4n) is 2.77. The number of hydrogen-bond donors (Lipinski definition) is 2. The lowest BCUT2D eigenvalue weighted by Crippen LogP contribution is -2.45. The molecule has 1 aliphatic heterocycles. The quantitative estimate of drug-likeness (QED) is 0.864. The highest BCUT2D eigenvalue weighted by molar-refractivity contribution is 5.92. The number of hydrogen-bond acceptors (Lipinski definition) is 3. The van der Waals surface area contributed by atoms with Gasteiger partial charge in [0.15, 0.2) is 0 Å². The van der Waals surface area contributed by atoms with Gasteiger partial charge in [-0.2, -0.15) is 0 Å². The van der Waals surface area contributed by atoms with Crippen LogP contribution in [0.5, 0.6) is 0 Å². The Morgan fingerprint density at radius 1 is 1.42 bits per heavy atom. The van der Waals surface area contributed by atoms with Gasteiger partial charge in [-0.15, -0.1) is 0 Å². The van der Waals surface area contributed by atoms with Gasteiger partial charge < -0.3 is 10.8 Å². The summed E-state index contributed by atoms with van der Waals surface area (Å²) in [6, 6.07) is 7.64. The van der Waals surface area contributed by atoms with Gasteiger partial charge in [-0.1, -0.05) is 18.6 Å². The molecule has 1 saturated heterocycles. The number of benzene rings is 1. The van der Waals surface area contributed by atoms with Crippen molar-refractivity contribution in [2.75, 3.05) is 6.54 Å². The number of primary amides is 1. The first kappa shape index (κ1) is 14.0. The second-order valence-corrected chi connectivity index (χ2v) is 5.34. The molecule has 1 aromatic rings. The van der Waals surface area contributed by atoms with Crippen molar-refractivity contribution in [3.8, 4) is 0 Å². The second-order valence-electron chi connectivity index (χ2n) is 5.34. The van der Waals surface area contributed by atoms with Crippen LogP contribution in [0.15, 0.2) is 24.3 Å². The normalized spacial score (nSPS) is 22.1. The molecule has 3 N–H and O–H groups in total. The van der Waals surface area contributed by atoms with Gasteiger partial charge in [0.2, 0.25) is 5.91 Å². The SMILES string of the molecule is CC(O)C1CCCCN1Cc1ccc(C(N)=O)cc1. The molecule has 0 aliphatic carbocycles. The number of rotatable bonds is 4. The Labute approximate surface area is 114 Å². The van der Waals surface area contributed by atoms with Crippen LogP contribution in [0.3, 0.4) is 0 Å². The Balaban J connectivity index is 2.04. The fourth-order valence-corrected chi connectivity index (χ4v) is 2.77. The fraction of sp³-hybridized carbons (Fsp3) is 0.533. The van der Waals surface area contributed by atoms with Gasteiger partial charge in [0.25, 0.3) is 0 Å². The number of carbonyl (C=O) groups is 1. The molecule has 1 aromatic carbocycles. The Hall–Kier alpha value is -1.39. The molecule has 2 atom stereocenters. The summed E-state index contributed by atoms with van der Waals surface area (Å²) in [7, 11) is 0. The molecule has 1 amide bonds. The van der Waals surface area contributed by atoms with Crippen molar-refractivity contribution in [1.29, 1.82) is 0 Å². The third-order valence-electron chi connectivity index (χ3n) is 3.85. The standard InChI is InChI=1S/C15H22N2O2/c1-11(18)14-4-2-3-9-17(14)10-12-5-7-13(8-6-12)15(16)19/h5-8,11,14,18H,2-4,9-10H2,1H3,(H2,16,19). The maximum absolute atomic E-state index is 11.0. The Kier molecular flexibility index (Phi) is 4.56. The maximum atomic E-state index is 11.0. The molecule has 0 spiro atoms. The topological polar surface area (TPSA) is 66.6 Å². The van der Waals surface area contributed by atoms with E-state index < -0.39 is 5.91 Å². The van der Waals surface area contributed by atoms with Gasteiger partial charge in [-0.25, -0.2) is 0 Å². The second kappa shape index (κ2) is 6.17. The third-order valence-corrected chi connectivity index (χ3v) is 3.85. The molecular weight excluding hydrogens is 240 g/mol. The molecular formula is C15H22N2O2. The number of amides is 1. The lowest BCUT2D eigenvalue weighted by atomic mass is 9.97.